The van der Waals surface area contributed by atoms with E-state index in [0.717, 1.165) is 25.1 Å². The van der Waals surface area contributed by atoms with Gasteiger partial charge < -0.3 is 9.47 Å². The molecule has 1 aliphatic heterocycles. The van der Waals surface area contributed by atoms with Crippen molar-refractivity contribution in [3.05, 3.63) is 18.2 Å². The smallest absolute Gasteiger partial charge is 0.223 e. The van der Waals surface area contributed by atoms with Gasteiger partial charge in [-0.2, -0.15) is 0 Å². The first kappa shape index (κ1) is 10.2. The van der Waals surface area contributed by atoms with Gasteiger partial charge in [-0.05, 0) is 12.8 Å². The van der Waals surface area contributed by atoms with Gasteiger partial charge in [0.25, 0.3) is 0 Å². The second-order valence-electron chi connectivity index (χ2n) is 4.04. The van der Waals surface area contributed by atoms with E-state index in [9.17, 15) is 4.79 Å². The summed E-state index contributed by atoms with van der Waals surface area (Å²) in [5.74, 6) is 0.281. The molecule has 1 unspecified atom stereocenters. The third-order valence-corrected chi connectivity index (χ3v) is 3.07. The van der Waals surface area contributed by atoms with E-state index < -0.39 is 0 Å². The molecule has 1 aromatic heterocycles. The molecule has 15 heavy (non-hydrogen) atoms. The zero-order valence-corrected chi connectivity index (χ0v) is 9.31. The Kier molecular flexibility index (Phi) is 2.75. The minimum absolute atomic E-state index is 0.201. The quantitative estimate of drug-likeness (QED) is 0.753. The Labute approximate surface area is 89.9 Å². The highest BCUT2D eigenvalue weighted by Crippen LogP contribution is 2.27. The van der Waals surface area contributed by atoms with E-state index in [4.69, 9.17) is 0 Å². The zero-order valence-electron chi connectivity index (χ0n) is 9.31. The van der Waals surface area contributed by atoms with Crippen LogP contribution < -0.4 is 0 Å². The molecule has 1 fully saturated rings. The van der Waals surface area contributed by atoms with Crippen LogP contribution in [0, 0.1) is 0 Å². The summed E-state index contributed by atoms with van der Waals surface area (Å²) >= 11 is 0. The molecule has 0 N–H and O–H groups in total. The molecule has 1 saturated heterocycles. The molecule has 0 aliphatic carbocycles. The van der Waals surface area contributed by atoms with Gasteiger partial charge in [0.15, 0.2) is 0 Å². The van der Waals surface area contributed by atoms with Crippen LogP contribution in [0.15, 0.2) is 12.5 Å². The van der Waals surface area contributed by atoms with E-state index in [2.05, 4.69) is 11.9 Å². The van der Waals surface area contributed by atoms with Crippen LogP contribution in [-0.2, 0) is 11.8 Å². The van der Waals surface area contributed by atoms with E-state index in [1.54, 1.807) is 6.33 Å². The number of hydrogen-bond acceptors (Lipinski definition) is 2. The van der Waals surface area contributed by atoms with Crippen LogP contribution in [-0.4, -0.2) is 26.9 Å². The molecule has 82 valence electrons. The fourth-order valence-corrected chi connectivity index (χ4v) is 2.28. The van der Waals surface area contributed by atoms with Gasteiger partial charge in [-0.15, -0.1) is 0 Å². The lowest BCUT2D eigenvalue weighted by Gasteiger charge is -2.26. The van der Waals surface area contributed by atoms with Gasteiger partial charge in [0.05, 0.1) is 24.3 Å². The van der Waals surface area contributed by atoms with Crippen molar-refractivity contribution in [1.29, 1.82) is 0 Å². The number of nitrogens with zero attached hydrogens (tertiary/aromatic N) is 3. The lowest BCUT2D eigenvalue weighted by molar-refractivity contribution is -0.130. The maximum atomic E-state index is 11.7. The third-order valence-electron chi connectivity index (χ3n) is 3.07. The van der Waals surface area contributed by atoms with Gasteiger partial charge in [0.2, 0.25) is 5.91 Å². The minimum atomic E-state index is 0.201. The molecule has 0 aromatic carbocycles. The fraction of sp³-hybridized carbons (Fsp3) is 0.636. The van der Waals surface area contributed by atoms with E-state index in [1.165, 1.54) is 0 Å². The first-order chi connectivity index (χ1) is 7.24. The van der Waals surface area contributed by atoms with Crippen molar-refractivity contribution >= 4 is 5.91 Å². The standard InChI is InChI=1S/C11H17N3O/c1-3-9(10-7-12-8-13(10)2)14-6-4-5-11(14)15/h7-9H,3-6H2,1-2H3. The first-order valence-electron chi connectivity index (χ1n) is 5.49. The molecule has 4 heteroatoms. The molecule has 4 nitrogen and oxygen atoms in total. The lowest BCUT2D eigenvalue weighted by atomic mass is 10.1. The second kappa shape index (κ2) is 4.04. The molecule has 1 amide bonds. The number of likely N-dealkylation sites (tertiary alicyclic amines) is 1. The SMILES string of the molecule is CCC(c1cncn1C)N1CCCC1=O. The maximum absolute atomic E-state index is 11.7. The molecule has 1 aliphatic rings. The number of aromatic nitrogens is 2. The van der Waals surface area contributed by atoms with Gasteiger partial charge in [-0.1, -0.05) is 6.92 Å². The molecule has 2 heterocycles. The highest BCUT2D eigenvalue weighted by Gasteiger charge is 2.29. The van der Waals surface area contributed by atoms with Gasteiger partial charge >= 0.3 is 0 Å². The van der Waals surface area contributed by atoms with Gasteiger partial charge in [0, 0.05) is 20.0 Å². The number of hydrogen-bond donors (Lipinski definition) is 0. The van der Waals surface area contributed by atoms with Crippen molar-refractivity contribution in [3.63, 3.8) is 0 Å². The summed E-state index contributed by atoms with van der Waals surface area (Å²) in [5.41, 5.74) is 1.13. The number of imidazole rings is 1. The Morgan fingerprint density at radius 2 is 2.40 bits per heavy atom. The Balaban J connectivity index is 2.24. The van der Waals surface area contributed by atoms with Crippen molar-refractivity contribution < 1.29 is 4.79 Å². The van der Waals surface area contributed by atoms with Crippen LogP contribution >= 0.6 is 0 Å². The molecule has 0 spiro atoms. The highest BCUT2D eigenvalue weighted by atomic mass is 16.2. The Morgan fingerprint density at radius 3 is 2.87 bits per heavy atom. The van der Waals surface area contributed by atoms with Crippen molar-refractivity contribution in [1.82, 2.24) is 14.5 Å². The number of rotatable bonds is 3. The van der Waals surface area contributed by atoms with Gasteiger partial charge in [-0.25, -0.2) is 4.98 Å². The van der Waals surface area contributed by atoms with Crippen molar-refractivity contribution in [2.45, 2.75) is 32.2 Å². The number of aryl methyl sites for hydroxylation is 1. The summed E-state index contributed by atoms with van der Waals surface area (Å²) in [7, 11) is 1.98. The predicted octanol–water partition coefficient (Wildman–Crippen LogP) is 1.49. The van der Waals surface area contributed by atoms with Crippen LogP contribution in [0.4, 0.5) is 0 Å². The van der Waals surface area contributed by atoms with Crippen LogP contribution in [0.3, 0.4) is 0 Å². The molecule has 0 radical (unpaired) electrons. The highest BCUT2D eigenvalue weighted by molar-refractivity contribution is 5.78. The fourth-order valence-electron chi connectivity index (χ4n) is 2.28. The Morgan fingerprint density at radius 1 is 1.60 bits per heavy atom. The zero-order chi connectivity index (χ0) is 10.8. The lowest BCUT2D eigenvalue weighted by Crippen LogP contribution is -2.30. The molecular formula is C11H17N3O. The summed E-state index contributed by atoms with van der Waals surface area (Å²) in [6, 6.07) is 0.201. The molecule has 1 atom stereocenters. The first-order valence-corrected chi connectivity index (χ1v) is 5.49. The van der Waals surface area contributed by atoms with Crippen LogP contribution in [0.1, 0.15) is 37.9 Å². The van der Waals surface area contributed by atoms with Crippen molar-refractivity contribution in [2.75, 3.05) is 6.54 Å². The molecule has 0 bridgehead atoms. The number of carbonyl (C=O) groups is 1. The number of carbonyl (C=O) groups excluding carboxylic acids is 1. The van der Waals surface area contributed by atoms with E-state index in [0.29, 0.717) is 6.42 Å². The molecule has 1 aromatic rings. The molecule has 2 rings (SSSR count). The summed E-state index contributed by atoms with van der Waals surface area (Å²) in [6.45, 7) is 3.01. The summed E-state index contributed by atoms with van der Waals surface area (Å²) in [6.07, 6.45) is 6.30. The van der Waals surface area contributed by atoms with Crippen molar-refractivity contribution in [2.24, 2.45) is 7.05 Å². The third kappa shape index (κ3) is 1.76. The van der Waals surface area contributed by atoms with E-state index in [1.807, 2.05) is 22.7 Å². The van der Waals surface area contributed by atoms with Gasteiger partial charge in [0.1, 0.15) is 0 Å². The van der Waals surface area contributed by atoms with E-state index in [-0.39, 0.29) is 11.9 Å². The van der Waals surface area contributed by atoms with Crippen LogP contribution in [0.5, 0.6) is 0 Å². The van der Waals surface area contributed by atoms with Crippen LogP contribution in [0.25, 0.3) is 0 Å². The monoisotopic (exact) mass is 207 g/mol. The average molecular weight is 207 g/mol. The topological polar surface area (TPSA) is 38.1 Å². The summed E-state index contributed by atoms with van der Waals surface area (Å²) in [4.78, 5) is 17.8. The van der Waals surface area contributed by atoms with Crippen molar-refractivity contribution in [3.8, 4) is 0 Å². The van der Waals surface area contributed by atoms with Gasteiger partial charge in [-0.3, -0.25) is 4.79 Å². The Hall–Kier alpha value is -1.32. The van der Waals surface area contributed by atoms with E-state index >= 15 is 0 Å². The molecular weight excluding hydrogens is 190 g/mol. The largest absolute Gasteiger partial charge is 0.336 e. The normalized spacial score (nSPS) is 18.5. The number of amides is 1. The maximum Gasteiger partial charge on any atom is 0.223 e. The molecule has 0 saturated carbocycles. The average Bonchev–Trinajstić information content (AvgIpc) is 2.80. The Bertz CT molecular complexity index is 358. The predicted molar refractivity (Wildman–Crippen MR) is 57.2 cm³/mol. The second-order valence-corrected chi connectivity index (χ2v) is 4.04. The summed E-state index contributed by atoms with van der Waals surface area (Å²) < 4.78 is 2.00. The van der Waals surface area contributed by atoms with Crippen LogP contribution in [0.2, 0.25) is 0 Å². The summed E-state index contributed by atoms with van der Waals surface area (Å²) in [5, 5.41) is 0. The minimum Gasteiger partial charge on any atom is -0.336 e.